The second kappa shape index (κ2) is 5.64. The van der Waals surface area contributed by atoms with E-state index < -0.39 is 10.0 Å². The molecule has 1 aromatic rings. The van der Waals surface area contributed by atoms with Crippen LogP contribution in [0.5, 0.6) is 0 Å². The average Bonchev–Trinajstić information content (AvgIpc) is 2.69. The number of nitrogens with zero attached hydrogens (tertiary/aromatic N) is 3. The minimum Gasteiger partial charge on any atom is -0.317 e. The summed E-state index contributed by atoms with van der Waals surface area (Å²) in [5.74, 6) is 0.390. The lowest BCUT2D eigenvalue weighted by atomic mass is 9.99. The Morgan fingerprint density at radius 2 is 2.17 bits per heavy atom. The molecule has 0 amide bonds. The molecule has 0 saturated carbocycles. The number of hydrogen-bond acceptors (Lipinski definition) is 5. The Morgan fingerprint density at radius 3 is 2.72 bits per heavy atom. The summed E-state index contributed by atoms with van der Waals surface area (Å²) in [6.07, 6.45) is 1.99. The van der Waals surface area contributed by atoms with Crippen LogP contribution in [0.2, 0.25) is 0 Å². The van der Waals surface area contributed by atoms with Gasteiger partial charge in [0.05, 0.1) is 0 Å². The first-order chi connectivity index (χ1) is 8.50. The second-order valence-corrected chi connectivity index (χ2v) is 6.79. The molecule has 9 heteroatoms. The van der Waals surface area contributed by atoms with Gasteiger partial charge in [0.1, 0.15) is 0 Å². The Hall–Kier alpha value is -0.510. The van der Waals surface area contributed by atoms with Crippen LogP contribution in [0.15, 0.2) is 9.63 Å². The van der Waals surface area contributed by atoms with Gasteiger partial charge in [-0.3, -0.25) is 0 Å². The van der Waals surface area contributed by atoms with E-state index in [4.69, 9.17) is 0 Å². The Balaban J connectivity index is 2.03. The van der Waals surface area contributed by atoms with E-state index in [0.29, 0.717) is 12.5 Å². The number of rotatable bonds is 4. The molecule has 0 unspecified atom stereocenters. The number of sulfonamides is 1. The van der Waals surface area contributed by atoms with E-state index >= 15 is 0 Å². The van der Waals surface area contributed by atoms with Crippen LogP contribution in [0, 0.1) is 5.92 Å². The molecule has 1 saturated heterocycles. The normalized spacial score (nSPS) is 18.1. The third-order valence-corrected chi connectivity index (χ3v) is 5.32. The van der Waals surface area contributed by atoms with Crippen molar-refractivity contribution in [2.75, 3.05) is 19.6 Å². The van der Waals surface area contributed by atoms with Gasteiger partial charge < -0.3 is 5.32 Å². The smallest absolute Gasteiger partial charge is 0.260 e. The van der Waals surface area contributed by atoms with Crippen LogP contribution < -0.4 is 10.0 Å². The summed E-state index contributed by atoms with van der Waals surface area (Å²) in [6, 6.07) is 0. The summed E-state index contributed by atoms with van der Waals surface area (Å²) < 4.78 is 28.4. The van der Waals surface area contributed by atoms with Gasteiger partial charge in [-0.15, -0.1) is 5.10 Å². The van der Waals surface area contributed by atoms with Gasteiger partial charge in [-0.1, -0.05) is 5.21 Å². The van der Waals surface area contributed by atoms with Crippen molar-refractivity contribution in [1.29, 1.82) is 0 Å². The summed E-state index contributed by atoms with van der Waals surface area (Å²) in [6.45, 7) is 2.36. The van der Waals surface area contributed by atoms with Crippen LogP contribution in [0.4, 0.5) is 0 Å². The van der Waals surface area contributed by atoms with Crippen LogP contribution in [0.25, 0.3) is 0 Å². The number of aromatic nitrogens is 3. The van der Waals surface area contributed by atoms with Gasteiger partial charge in [0.15, 0.2) is 4.60 Å². The molecule has 1 fully saturated rings. The Bertz CT molecular complexity index is 490. The lowest BCUT2D eigenvalue weighted by Crippen LogP contribution is -2.36. The number of hydrogen-bond donors (Lipinski definition) is 2. The van der Waals surface area contributed by atoms with Gasteiger partial charge in [0.25, 0.3) is 10.0 Å². The van der Waals surface area contributed by atoms with Crippen molar-refractivity contribution >= 4 is 26.0 Å². The standard InChI is InChI=1S/C9H16BrN5O2S/c1-15-9(8(10)13-14-15)18(16,17)12-6-7-2-4-11-5-3-7/h7,11-12H,2-6H2,1H3. The number of halogens is 1. The van der Waals surface area contributed by atoms with E-state index in [-0.39, 0.29) is 9.63 Å². The van der Waals surface area contributed by atoms with Gasteiger partial charge in [0, 0.05) is 13.6 Å². The lowest BCUT2D eigenvalue weighted by molar-refractivity contribution is 0.372. The minimum absolute atomic E-state index is 0.0661. The Morgan fingerprint density at radius 1 is 1.50 bits per heavy atom. The predicted octanol–water partition coefficient (Wildman–Crippen LogP) is -0.144. The van der Waals surface area contributed by atoms with Crippen molar-refractivity contribution in [2.24, 2.45) is 13.0 Å². The molecular weight excluding hydrogens is 322 g/mol. The molecular formula is C9H16BrN5O2S. The average molecular weight is 338 g/mol. The lowest BCUT2D eigenvalue weighted by Gasteiger charge is -2.22. The highest BCUT2D eigenvalue weighted by Crippen LogP contribution is 2.18. The van der Waals surface area contributed by atoms with Crippen molar-refractivity contribution in [2.45, 2.75) is 17.9 Å². The van der Waals surface area contributed by atoms with Crippen LogP contribution >= 0.6 is 15.9 Å². The molecule has 7 nitrogen and oxygen atoms in total. The highest BCUT2D eigenvalue weighted by Gasteiger charge is 2.25. The van der Waals surface area contributed by atoms with Crippen molar-refractivity contribution < 1.29 is 8.42 Å². The first-order valence-electron chi connectivity index (χ1n) is 5.76. The van der Waals surface area contributed by atoms with Crippen LogP contribution in [0.3, 0.4) is 0 Å². The number of piperidine rings is 1. The van der Waals surface area contributed by atoms with Gasteiger partial charge in [0.2, 0.25) is 5.03 Å². The fraction of sp³-hybridized carbons (Fsp3) is 0.778. The van der Waals surface area contributed by atoms with Gasteiger partial charge in [-0.25, -0.2) is 17.8 Å². The zero-order valence-electron chi connectivity index (χ0n) is 10.1. The van der Waals surface area contributed by atoms with Crippen LogP contribution in [0.1, 0.15) is 12.8 Å². The van der Waals surface area contributed by atoms with Crippen molar-refractivity contribution in [1.82, 2.24) is 25.0 Å². The molecule has 102 valence electrons. The van der Waals surface area contributed by atoms with E-state index in [2.05, 4.69) is 36.3 Å². The maximum Gasteiger partial charge on any atom is 0.260 e. The van der Waals surface area contributed by atoms with Crippen molar-refractivity contribution in [3.8, 4) is 0 Å². The van der Waals surface area contributed by atoms with E-state index in [1.54, 1.807) is 7.05 Å². The molecule has 1 aliphatic heterocycles. The fourth-order valence-corrected chi connectivity index (χ4v) is 4.20. The van der Waals surface area contributed by atoms with Crippen molar-refractivity contribution in [3.63, 3.8) is 0 Å². The molecule has 2 heterocycles. The zero-order chi connectivity index (χ0) is 13.2. The van der Waals surface area contributed by atoms with E-state index in [1.165, 1.54) is 4.68 Å². The second-order valence-electron chi connectivity index (χ2n) is 4.35. The van der Waals surface area contributed by atoms with Gasteiger partial charge in [-0.2, -0.15) is 0 Å². The van der Waals surface area contributed by atoms with Gasteiger partial charge >= 0.3 is 0 Å². The third-order valence-electron chi connectivity index (χ3n) is 3.01. The molecule has 0 aliphatic carbocycles. The molecule has 18 heavy (non-hydrogen) atoms. The number of nitrogens with one attached hydrogen (secondary N) is 2. The maximum absolute atomic E-state index is 12.1. The molecule has 1 aromatic heterocycles. The number of aryl methyl sites for hydroxylation is 1. The highest BCUT2D eigenvalue weighted by atomic mass is 79.9. The predicted molar refractivity (Wildman–Crippen MR) is 69.5 cm³/mol. The molecule has 0 spiro atoms. The molecule has 0 atom stereocenters. The Labute approximate surface area is 115 Å². The maximum atomic E-state index is 12.1. The summed E-state index contributed by atoms with van der Waals surface area (Å²) in [7, 11) is -2.00. The third kappa shape index (κ3) is 3.08. The molecule has 1 aliphatic rings. The molecule has 0 aromatic carbocycles. The van der Waals surface area contributed by atoms with Gasteiger partial charge in [-0.05, 0) is 47.8 Å². The molecule has 2 rings (SSSR count). The molecule has 0 bridgehead atoms. The summed E-state index contributed by atoms with van der Waals surface area (Å²) >= 11 is 3.10. The summed E-state index contributed by atoms with van der Waals surface area (Å²) in [4.78, 5) is 0. The van der Waals surface area contributed by atoms with Crippen LogP contribution in [-0.4, -0.2) is 43.0 Å². The van der Waals surface area contributed by atoms with Crippen LogP contribution in [-0.2, 0) is 17.1 Å². The quantitative estimate of drug-likeness (QED) is 0.797. The monoisotopic (exact) mass is 337 g/mol. The summed E-state index contributed by atoms with van der Waals surface area (Å²) in [5, 5.41) is 10.7. The zero-order valence-corrected chi connectivity index (χ0v) is 12.5. The highest BCUT2D eigenvalue weighted by molar-refractivity contribution is 9.10. The summed E-state index contributed by atoms with van der Waals surface area (Å²) in [5.41, 5.74) is 0. The Kier molecular flexibility index (Phi) is 4.36. The van der Waals surface area contributed by atoms with Crippen molar-refractivity contribution in [3.05, 3.63) is 4.60 Å². The molecule has 2 N–H and O–H groups in total. The largest absolute Gasteiger partial charge is 0.317 e. The SMILES string of the molecule is Cn1nnc(Br)c1S(=O)(=O)NCC1CCNCC1. The van der Waals surface area contributed by atoms with E-state index in [9.17, 15) is 8.42 Å². The topological polar surface area (TPSA) is 88.9 Å². The minimum atomic E-state index is -3.56. The van der Waals surface area contributed by atoms with E-state index in [1.807, 2.05) is 0 Å². The first kappa shape index (κ1) is 13.9. The first-order valence-corrected chi connectivity index (χ1v) is 8.04. The fourth-order valence-electron chi connectivity index (χ4n) is 1.99. The molecule has 0 radical (unpaired) electrons. The van der Waals surface area contributed by atoms with E-state index in [0.717, 1.165) is 25.9 Å².